The van der Waals surface area contributed by atoms with Crippen LogP contribution in [0.4, 0.5) is 0 Å². The maximum Gasteiger partial charge on any atom is 0.227 e. The van der Waals surface area contributed by atoms with Gasteiger partial charge in [0.1, 0.15) is 0 Å². The van der Waals surface area contributed by atoms with E-state index in [9.17, 15) is 15.0 Å². The molecule has 4 heteroatoms. The fourth-order valence-corrected chi connectivity index (χ4v) is 2.61. The van der Waals surface area contributed by atoms with Crippen LogP contribution in [0, 0.1) is 0 Å². The van der Waals surface area contributed by atoms with Crippen LogP contribution in [0.25, 0.3) is 10.8 Å². The molecule has 2 aromatic carbocycles. The summed E-state index contributed by atoms with van der Waals surface area (Å²) in [6.45, 7) is 0.432. The number of benzene rings is 2. The van der Waals surface area contributed by atoms with Crippen molar-refractivity contribution in [2.24, 2.45) is 0 Å². The Kier molecular flexibility index (Phi) is 3.42. The summed E-state index contributed by atoms with van der Waals surface area (Å²) in [4.78, 5) is 13.7. The summed E-state index contributed by atoms with van der Waals surface area (Å²) in [5.41, 5.74) is 0.949. The zero-order valence-electron chi connectivity index (χ0n) is 11.1. The highest BCUT2D eigenvalue weighted by Crippen LogP contribution is 2.17. The van der Waals surface area contributed by atoms with Gasteiger partial charge in [0.05, 0.1) is 18.6 Å². The van der Waals surface area contributed by atoms with Gasteiger partial charge in [0.2, 0.25) is 5.91 Å². The second-order valence-electron chi connectivity index (χ2n) is 5.29. The third-order valence-electron chi connectivity index (χ3n) is 3.78. The van der Waals surface area contributed by atoms with Gasteiger partial charge in [-0.15, -0.1) is 0 Å². The lowest BCUT2D eigenvalue weighted by Crippen LogP contribution is -2.31. The van der Waals surface area contributed by atoms with Crippen LogP contribution in [0.15, 0.2) is 42.5 Å². The van der Waals surface area contributed by atoms with Gasteiger partial charge < -0.3 is 15.1 Å². The van der Waals surface area contributed by atoms with Crippen molar-refractivity contribution in [3.05, 3.63) is 48.0 Å². The molecule has 1 heterocycles. The van der Waals surface area contributed by atoms with Gasteiger partial charge in [0, 0.05) is 13.1 Å². The molecule has 0 aliphatic carbocycles. The molecule has 1 fully saturated rings. The predicted molar refractivity (Wildman–Crippen MR) is 76.2 cm³/mol. The summed E-state index contributed by atoms with van der Waals surface area (Å²) in [6.07, 6.45) is -1.35. The molecule has 0 saturated carbocycles. The monoisotopic (exact) mass is 271 g/mol. The van der Waals surface area contributed by atoms with E-state index < -0.39 is 12.2 Å². The van der Waals surface area contributed by atoms with Crippen LogP contribution >= 0.6 is 0 Å². The summed E-state index contributed by atoms with van der Waals surface area (Å²) in [7, 11) is 0. The van der Waals surface area contributed by atoms with Crippen LogP contribution in [0.2, 0.25) is 0 Å². The molecule has 20 heavy (non-hydrogen) atoms. The molecule has 1 amide bonds. The minimum absolute atomic E-state index is 0.0594. The number of rotatable bonds is 2. The Balaban J connectivity index is 1.74. The summed E-state index contributed by atoms with van der Waals surface area (Å²) < 4.78 is 0. The van der Waals surface area contributed by atoms with Crippen molar-refractivity contribution in [2.75, 3.05) is 13.1 Å². The molecule has 0 aromatic heterocycles. The normalized spacial score (nSPS) is 22.4. The molecule has 4 nitrogen and oxygen atoms in total. The Morgan fingerprint density at radius 3 is 2.40 bits per heavy atom. The molecule has 1 aliphatic rings. The number of likely N-dealkylation sites (tertiary alicyclic amines) is 1. The highest BCUT2D eigenvalue weighted by molar-refractivity contribution is 5.85. The van der Waals surface area contributed by atoms with Gasteiger partial charge in [-0.05, 0) is 16.3 Å². The average molecular weight is 271 g/mol. The quantitative estimate of drug-likeness (QED) is 0.855. The van der Waals surface area contributed by atoms with E-state index in [1.54, 1.807) is 0 Å². The van der Waals surface area contributed by atoms with Crippen molar-refractivity contribution in [2.45, 2.75) is 18.6 Å². The molecule has 2 aromatic rings. The summed E-state index contributed by atoms with van der Waals surface area (Å²) in [5.74, 6) is -0.0594. The molecular formula is C16H17NO3. The van der Waals surface area contributed by atoms with Gasteiger partial charge in [-0.3, -0.25) is 4.79 Å². The highest BCUT2D eigenvalue weighted by atomic mass is 16.3. The number of nitrogens with zero attached hydrogens (tertiary/aromatic N) is 1. The fraction of sp³-hybridized carbons (Fsp3) is 0.312. The number of carbonyl (C=O) groups is 1. The van der Waals surface area contributed by atoms with Gasteiger partial charge in [0.25, 0.3) is 0 Å². The van der Waals surface area contributed by atoms with Crippen LogP contribution in [0.1, 0.15) is 5.56 Å². The van der Waals surface area contributed by atoms with Gasteiger partial charge in [-0.1, -0.05) is 42.5 Å². The molecule has 0 bridgehead atoms. The number of amides is 1. The Morgan fingerprint density at radius 2 is 1.70 bits per heavy atom. The summed E-state index contributed by atoms with van der Waals surface area (Å²) in [6, 6.07) is 14.0. The van der Waals surface area contributed by atoms with E-state index in [1.165, 1.54) is 4.90 Å². The number of hydrogen-bond donors (Lipinski definition) is 2. The maximum absolute atomic E-state index is 12.1. The zero-order chi connectivity index (χ0) is 14.1. The Bertz CT molecular complexity index is 630. The van der Waals surface area contributed by atoms with E-state index in [1.807, 2.05) is 42.5 Å². The number of hydrogen-bond acceptors (Lipinski definition) is 3. The summed E-state index contributed by atoms with van der Waals surface area (Å²) >= 11 is 0. The predicted octanol–water partition coefficient (Wildman–Crippen LogP) is 0.946. The largest absolute Gasteiger partial charge is 0.388 e. The second-order valence-corrected chi connectivity index (χ2v) is 5.29. The molecule has 104 valence electrons. The van der Waals surface area contributed by atoms with Crippen LogP contribution in [0.3, 0.4) is 0 Å². The third-order valence-corrected chi connectivity index (χ3v) is 3.78. The fourth-order valence-electron chi connectivity index (χ4n) is 2.61. The van der Waals surface area contributed by atoms with Crippen molar-refractivity contribution in [1.82, 2.24) is 4.90 Å². The van der Waals surface area contributed by atoms with E-state index in [2.05, 4.69) is 0 Å². The van der Waals surface area contributed by atoms with E-state index in [-0.39, 0.29) is 19.0 Å². The van der Waals surface area contributed by atoms with Crippen LogP contribution < -0.4 is 0 Å². The molecule has 2 atom stereocenters. The maximum atomic E-state index is 12.1. The van der Waals surface area contributed by atoms with E-state index in [4.69, 9.17) is 0 Å². The Labute approximate surface area is 117 Å². The minimum Gasteiger partial charge on any atom is -0.388 e. The smallest absolute Gasteiger partial charge is 0.227 e. The average Bonchev–Trinajstić information content (AvgIpc) is 2.79. The van der Waals surface area contributed by atoms with Gasteiger partial charge >= 0.3 is 0 Å². The lowest BCUT2D eigenvalue weighted by atomic mass is 10.0. The first kappa shape index (κ1) is 13.1. The molecule has 0 radical (unpaired) electrons. The first-order valence-corrected chi connectivity index (χ1v) is 6.75. The number of β-amino-alcohol motifs (C(OH)–C–C–N with tert-alkyl or cyclic N) is 2. The molecule has 2 unspecified atom stereocenters. The molecule has 0 spiro atoms. The second kappa shape index (κ2) is 5.23. The minimum atomic E-state index is -0.824. The van der Waals surface area contributed by atoms with Gasteiger partial charge in [-0.2, -0.15) is 0 Å². The van der Waals surface area contributed by atoms with E-state index >= 15 is 0 Å². The van der Waals surface area contributed by atoms with Gasteiger partial charge in [0.15, 0.2) is 0 Å². The zero-order valence-corrected chi connectivity index (χ0v) is 11.1. The van der Waals surface area contributed by atoms with Crippen molar-refractivity contribution in [3.63, 3.8) is 0 Å². The highest BCUT2D eigenvalue weighted by Gasteiger charge is 2.32. The topological polar surface area (TPSA) is 60.8 Å². The number of fused-ring (bicyclic) bond motifs is 1. The first-order chi connectivity index (χ1) is 9.63. The first-order valence-electron chi connectivity index (χ1n) is 6.75. The van der Waals surface area contributed by atoms with E-state index in [0.29, 0.717) is 6.42 Å². The lowest BCUT2D eigenvalue weighted by molar-refractivity contribution is -0.129. The molecule has 1 saturated heterocycles. The SMILES string of the molecule is O=C(Cc1ccc2ccccc2c1)N1CC(O)C(O)C1. The Hall–Kier alpha value is -1.91. The standard InChI is InChI=1S/C16H17NO3/c18-14-9-17(10-15(14)19)16(20)8-11-5-6-12-3-1-2-4-13(12)7-11/h1-7,14-15,18-19H,8-10H2. The van der Waals surface area contributed by atoms with Crippen LogP contribution in [0.5, 0.6) is 0 Å². The van der Waals surface area contributed by atoms with Crippen molar-refractivity contribution >= 4 is 16.7 Å². The van der Waals surface area contributed by atoms with Crippen LogP contribution in [-0.4, -0.2) is 46.3 Å². The Morgan fingerprint density at radius 1 is 1.05 bits per heavy atom. The molecular weight excluding hydrogens is 254 g/mol. The number of aliphatic hydroxyl groups is 2. The van der Waals surface area contributed by atoms with E-state index in [0.717, 1.165) is 16.3 Å². The molecule has 1 aliphatic heterocycles. The lowest BCUT2D eigenvalue weighted by Gasteiger charge is -2.15. The van der Waals surface area contributed by atoms with Crippen molar-refractivity contribution < 1.29 is 15.0 Å². The summed E-state index contributed by atoms with van der Waals surface area (Å²) in [5, 5.41) is 21.2. The number of aliphatic hydroxyl groups excluding tert-OH is 2. The third kappa shape index (κ3) is 2.53. The number of carbonyl (C=O) groups excluding carboxylic acids is 1. The van der Waals surface area contributed by atoms with Crippen molar-refractivity contribution in [1.29, 1.82) is 0 Å². The van der Waals surface area contributed by atoms with Gasteiger partial charge in [-0.25, -0.2) is 0 Å². The molecule has 2 N–H and O–H groups in total. The van der Waals surface area contributed by atoms with Crippen LogP contribution in [-0.2, 0) is 11.2 Å². The molecule has 3 rings (SSSR count). The van der Waals surface area contributed by atoms with Crippen molar-refractivity contribution in [3.8, 4) is 0 Å².